The second kappa shape index (κ2) is 11.1. The van der Waals surface area contributed by atoms with E-state index in [-0.39, 0.29) is 29.9 Å². The van der Waals surface area contributed by atoms with Crippen molar-refractivity contribution >= 4 is 22.8 Å². The van der Waals surface area contributed by atoms with Crippen molar-refractivity contribution in [3.8, 4) is 11.5 Å². The Balaban J connectivity index is 1.55. The Morgan fingerprint density at radius 3 is 2.50 bits per heavy atom. The van der Waals surface area contributed by atoms with Crippen LogP contribution in [0.4, 0.5) is 0 Å². The van der Waals surface area contributed by atoms with Gasteiger partial charge in [-0.15, -0.1) is 0 Å². The number of hydrogen-bond donors (Lipinski definition) is 1. The number of methoxy groups -OCH3 is 1. The number of benzene rings is 2. The second-order valence-electron chi connectivity index (χ2n) is 7.14. The molecule has 0 aliphatic carbocycles. The van der Waals surface area contributed by atoms with Crippen molar-refractivity contribution in [3.05, 3.63) is 70.1 Å². The Bertz CT molecular complexity index is 1140. The van der Waals surface area contributed by atoms with Crippen molar-refractivity contribution in [2.75, 3.05) is 26.9 Å². The van der Waals surface area contributed by atoms with Gasteiger partial charge in [0.15, 0.2) is 0 Å². The van der Waals surface area contributed by atoms with Crippen molar-refractivity contribution in [3.63, 3.8) is 0 Å². The minimum atomic E-state index is -0.774. The van der Waals surface area contributed by atoms with E-state index >= 15 is 0 Å². The lowest BCUT2D eigenvalue weighted by atomic mass is 10.1. The average Bonchev–Trinajstić information content (AvgIpc) is 2.77. The molecule has 0 unspecified atom stereocenters. The van der Waals surface area contributed by atoms with Gasteiger partial charge in [-0.05, 0) is 43.7 Å². The van der Waals surface area contributed by atoms with Gasteiger partial charge in [0, 0.05) is 31.5 Å². The van der Waals surface area contributed by atoms with E-state index in [9.17, 15) is 14.4 Å². The number of carbonyl (C=O) groups is 2. The molecule has 0 bridgehead atoms. The molecular formula is C24H25NO7. The van der Waals surface area contributed by atoms with Crippen LogP contribution in [0.5, 0.6) is 11.5 Å². The van der Waals surface area contributed by atoms with Gasteiger partial charge in [0.05, 0.1) is 13.2 Å². The zero-order valence-corrected chi connectivity index (χ0v) is 18.0. The molecular weight excluding hydrogens is 414 g/mol. The summed E-state index contributed by atoms with van der Waals surface area (Å²) in [7, 11) is 1.51. The molecule has 1 aromatic heterocycles. The third kappa shape index (κ3) is 6.42. The van der Waals surface area contributed by atoms with Crippen molar-refractivity contribution in [2.24, 2.45) is 0 Å². The number of fused-ring (bicyclic) bond motifs is 1. The first kappa shape index (κ1) is 23.0. The van der Waals surface area contributed by atoms with Crippen LogP contribution in [0.1, 0.15) is 28.8 Å². The number of rotatable bonds is 10. The lowest BCUT2D eigenvalue weighted by molar-refractivity contribution is -0.134. The third-order valence-electron chi connectivity index (χ3n) is 4.59. The van der Waals surface area contributed by atoms with Crippen LogP contribution in [0.3, 0.4) is 0 Å². The van der Waals surface area contributed by atoms with E-state index in [2.05, 4.69) is 5.32 Å². The maximum atomic E-state index is 12.2. The van der Waals surface area contributed by atoms with E-state index in [0.717, 1.165) is 11.3 Å². The van der Waals surface area contributed by atoms with Gasteiger partial charge in [0.1, 0.15) is 22.6 Å². The molecule has 3 rings (SSSR count). The van der Waals surface area contributed by atoms with Crippen LogP contribution in [-0.4, -0.2) is 38.7 Å². The van der Waals surface area contributed by atoms with Gasteiger partial charge in [-0.3, -0.25) is 9.59 Å². The Morgan fingerprint density at radius 1 is 1.00 bits per heavy atom. The van der Waals surface area contributed by atoms with Crippen LogP contribution in [0.15, 0.2) is 57.7 Å². The highest BCUT2D eigenvalue weighted by Crippen LogP contribution is 2.21. The van der Waals surface area contributed by atoms with Gasteiger partial charge in [-0.2, -0.15) is 0 Å². The van der Waals surface area contributed by atoms with Crippen LogP contribution in [0, 0.1) is 6.92 Å². The lowest BCUT2D eigenvalue weighted by Crippen LogP contribution is -2.30. The van der Waals surface area contributed by atoms with Crippen LogP contribution in [0.25, 0.3) is 11.0 Å². The number of ether oxygens (including phenoxy) is 3. The highest BCUT2D eigenvalue weighted by molar-refractivity contribution is 5.96. The summed E-state index contributed by atoms with van der Waals surface area (Å²) in [5.41, 5.74) is 0.487. The molecule has 0 fully saturated rings. The summed E-state index contributed by atoms with van der Waals surface area (Å²) in [4.78, 5) is 36.4. The molecule has 0 radical (unpaired) electrons. The zero-order valence-electron chi connectivity index (χ0n) is 18.0. The second-order valence-corrected chi connectivity index (χ2v) is 7.14. The standard InChI is InChI=1S/C24H25NO7/c1-16-5-8-18(9-6-16)30-12-3-4-22(26)31-19-10-7-17-14-20(23(27)25-11-13-29-2)24(28)32-21(17)15-19/h5-10,14-15H,3-4,11-13H2,1-2H3,(H,25,27). The Hall–Kier alpha value is -3.65. The van der Waals surface area contributed by atoms with Crippen LogP contribution in [-0.2, 0) is 9.53 Å². The van der Waals surface area contributed by atoms with Gasteiger partial charge in [-0.25, -0.2) is 4.79 Å². The monoisotopic (exact) mass is 439 g/mol. The van der Waals surface area contributed by atoms with Gasteiger partial charge >= 0.3 is 11.6 Å². The molecule has 0 saturated heterocycles. The molecule has 1 heterocycles. The van der Waals surface area contributed by atoms with Crippen LogP contribution >= 0.6 is 0 Å². The van der Waals surface area contributed by atoms with E-state index in [4.69, 9.17) is 18.6 Å². The Labute approximate surface area is 185 Å². The number of amides is 1. The molecule has 8 nitrogen and oxygen atoms in total. The topological polar surface area (TPSA) is 104 Å². The van der Waals surface area contributed by atoms with Crippen molar-refractivity contribution in [1.29, 1.82) is 0 Å². The summed E-state index contributed by atoms with van der Waals surface area (Å²) >= 11 is 0. The van der Waals surface area contributed by atoms with Gasteiger partial charge in [-0.1, -0.05) is 17.7 Å². The maximum absolute atomic E-state index is 12.2. The molecule has 1 amide bonds. The van der Waals surface area contributed by atoms with Crippen LogP contribution < -0.4 is 20.4 Å². The highest BCUT2D eigenvalue weighted by Gasteiger charge is 2.14. The minimum absolute atomic E-state index is 0.105. The van der Waals surface area contributed by atoms with E-state index in [1.807, 2.05) is 31.2 Å². The Morgan fingerprint density at radius 2 is 1.75 bits per heavy atom. The summed E-state index contributed by atoms with van der Waals surface area (Å²) in [5, 5.41) is 3.11. The first-order chi connectivity index (χ1) is 15.5. The fourth-order valence-corrected chi connectivity index (χ4v) is 2.90. The van der Waals surface area contributed by atoms with Crippen molar-refractivity contribution < 1.29 is 28.2 Å². The van der Waals surface area contributed by atoms with Crippen molar-refractivity contribution in [2.45, 2.75) is 19.8 Å². The molecule has 2 aromatic carbocycles. The van der Waals surface area contributed by atoms with E-state index in [1.165, 1.54) is 19.2 Å². The normalized spacial score (nSPS) is 10.7. The number of hydrogen-bond acceptors (Lipinski definition) is 7. The van der Waals surface area contributed by atoms with Gasteiger partial charge in [0.2, 0.25) is 0 Å². The van der Waals surface area contributed by atoms with Crippen LogP contribution in [0.2, 0.25) is 0 Å². The number of aryl methyl sites for hydroxylation is 1. The smallest absolute Gasteiger partial charge is 0.349 e. The maximum Gasteiger partial charge on any atom is 0.349 e. The number of carbonyl (C=O) groups excluding carboxylic acids is 2. The summed E-state index contributed by atoms with van der Waals surface area (Å²) in [6.45, 7) is 2.99. The highest BCUT2D eigenvalue weighted by atomic mass is 16.5. The molecule has 3 aromatic rings. The van der Waals surface area contributed by atoms with Gasteiger partial charge in [0.25, 0.3) is 5.91 Å². The lowest BCUT2D eigenvalue weighted by Gasteiger charge is -2.08. The molecule has 0 atom stereocenters. The van der Waals surface area contributed by atoms with Crippen molar-refractivity contribution in [1.82, 2.24) is 5.32 Å². The van der Waals surface area contributed by atoms with E-state index in [0.29, 0.717) is 25.0 Å². The largest absolute Gasteiger partial charge is 0.494 e. The molecule has 168 valence electrons. The SMILES string of the molecule is COCCNC(=O)c1cc2ccc(OC(=O)CCCOc3ccc(C)cc3)cc2oc1=O. The molecule has 0 spiro atoms. The first-order valence-corrected chi connectivity index (χ1v) is 10.2. The van der Waals surface area contributed by atoms with Gasteiger partial charge < -0.3 is 23.9 Å². The fourth-order valence-electron chi connectivity index (χ4n) is 2.90. The quantitative estimate of drug-likeness (QED) is 0.224. The predicted molar refractivity (Wildman–Crippen MR) is 118 cm³/mol. The molecule has 0 aliphatic rings. The molecule has 0 aliphatic heterocycles. The van der Waals surface area contributed by atoms with E-state index in [1.54, 1.807) is 12.1 Å². The summed E-state index contributed by atoms with van der Waals surface area (Å²) in [5.74, 6) is 0.0390. The molecule has 8 heteroatoms. The Kier molecular flexibility index (Phi) is 7.99. The number of esters is 1. The zero-order chi connectivity index (χ0) is 22.9. The van der Waals surface area contributed by atoms with E-state index < -0.39 is 17.5 Å². The molecule has 32 heavy (non-hydrogen) atoms. The average molecular weight is 439 g/mol. The molecule has 1 N–H and O–H groups in total. The first-order valence-electron chi connectivity index (χ1n) is 10.2. The summed E-state index contributed by atoms with van der Waals surface area (Å²) in [6.07, 6.45) is 0.672. The predicted octanol–water partition coefficient (Wildman–Crippen LogP) is 3.24. The summed E-state index contributed by atoms with van der Waals surface area (Å²) in [6, 6.07) is 13.8. The summed E-state index contributed by atoms with van der Waals surface area (Å²) < 4.78 is 21.0. The fraction of sp³-hybridized carbons (Fsp3) is 0.292. The number of nitrogens with one attached hydrogen (secondary N) is 1. The third-order valence-corrected chi connectivity index (χ3v) is 4.59. The minimum Gasteiger partial charge on any atom is -0.494 e. The molecule has 0 saturated carbocycles.